The summed E-state index contributed by atoms with van der Waals surface area (Å²) in [6, 6.07) is 17.0. The van der Waals surface area contributed by atoms with Gasteiger partial charge in [-0.1, -0.05) is 36.4 Å². The molecular formula is C22H19FN4O3S. The first-order valence-electron chi connectivity index (χ1n) is 9.00. The molecule has 3 aromatic carbocycles. The smallest absolute Gasteiger partial charge is 0.248 e. The van der Waals surface area contributed by atoms with Crippen LogP contribution in [0, 0.1) is 11.2 Å². The maximum absolute atomic E-state index is 13.6. The van der Waals surface area contributed by atoms with E-state index in [-0.39, 0.29) is 10.5 Å². The van der Waals surface area contributed by atoms with Gasteiger partial charge in [-0.2, -0.15) is 0 Å². The number of hydrogen-bond acceptors (Lipinski definition) is 4. The van der Waals surface area contributed by atoms with E-state index in [4.69, 9.17) is 16.3 Å². The summed E-state index contributed by atoms with van der Waals surface area (Å²) in [5.41, 5.74) is 7.38. The Bertz CT molecular complexity index is 1290. The first kappa shape index (κ1) is 21.9. The number of anilines is 1. The number of hydrogen-bond donors (Lipinski definition) is 4. The van der Waals surface area contributed by atoms with Crippen molar-refractivity contribution < 1.29 is 17.6 Å². The number of amides is 1. The molecule has 0 saturated heterocycles. The molecule has 3 rings (SSSR count). The number of rotatable bonds is 6. The summed E-state index contributed by atoms with van der Waals surface area (Å²) in [5.74, 6) is -1.44. The van der Waals surface area contributed by atoms with E-state index < -0.39 is 27.6 Å². The quantitative estimate of drug-likeness (QED) is 0.267. The predicted octanol–water partition coefficient (Wildman–Crippen LogP) is 3.08. The van der Waals surface area contributed by atoms with E-state index in [0.717, 1.165) is 0 Å². The minimum absolute atomic E-state index is 0.0129. The Balaban J connectivity index is 1.74. The third kappa shape index (κ3) is 5.41. The molecule has 0 radical (unpaired) electrons. The highest BCUT2D eigenvalue weighted by Crippen LogP contribution is 2.27. The second-order valence-corrected chi connectivity index (χ2v) is 8.12. The van der Waals surface area contributed by atoms with Crippen LogP contribution in [0.4, 0.5) is 10.1 Å². The zero-order valence-corrected chi connectivity index (χ0v) is 17.0. The summed E-state index contributed by atoms with van der Waals surface area (Å²) in [6.45, 7) is 0. The van der Waals surface area contributed by atoms with Crippen molar-refractivity contribution in [2.24, 2.45) is 10.9 Å². The van der Waals surface area contributed by atoms with Crippen LogP contribution < -0.4 is 16.2 Å². The van der Waals surface area contributed by atoms with Gasteiger partial charge in [-0.05, 0) is 47.5 Å². The van der Waals surface area contributed by atoms with E-state index in [1.54, 1.807) is 42.5 Å². The minimum Gasteiger partial charge on any atom is -0.384 e. The van der Waals surface area contributed by atoms with Crippen LogP contribution in [0.2, 0.25) is 0 Å². The number of carbonyl (C=O) groups excluding carboxylic acids is 1. The Morgan fingerprint density at radius 3 is 2.35 bits per heavy atom. The Kier molecular flexibility index (Phi) is 6.28. The SMILES string of the molecule is N=C(N)c1cc(C=CC(=O)Nc2ccc(-c3ccccc3S(N)(=O)=O)cc2)ccc1F. The third-order valence-electron chi connectivity index (χ3n) is 4.36. The standard InChI is InChI=1S/C22H19FN4O3S/c23-19-11-5-14(13-18(19)22(24)25)6-12-21(28)27-16-9-7-15(8-10-16)17-3-1-2-4-20(17)31(26,29)30/h1-13H,(H3,24,25)(H,27,28)(H2,26,29,30). The highest BCUT2D eigenvalue weighted by Gasteiger charge is 2.14. The van der Waals surface area contributed by atoms with Crippen molar-refractivity contribution in [2.45, 2.75) is 4.90 Å². The molecule has 0 heterocycles. The van der Waals surface area contributed by atoms with Crippen molar-refractivity contribution >= 4 is 33.5 Å². The van der Waals surface area contributed by atoms with E-state index in [9.17, 15) is 17.6 Å². The van der Waals surface area contributed by atoms with E-state index >= 15 is 0 Å². The number of carbonyl (C=O) groups is 1. The van der Waals surface area contributed by atoms with Gasteiger partial charge in [0.15, 0.2) is 0 Å². The molecule has 0 aromatic heterocycles. The van der Waals surface area contributed by atoms with Crippen molar-refractivity contribution in [1.82, 2.24) is 0 Å². The molecule has 0 saturated carbocycles. The number of sulfonamides is 1. The fourth-order valence-corrected chi connectivity index (χ4v) is 3.66. The molecule has 6 N–H and O–H groups in total. The second kappa shape index (κ2) is 8.90. The summed E-state index contributed by atoms with van der Waals surface area (Å²) in [6.07, 6.45) is 2.74. The molecule has 1 amide bonds. The number of amidine groups is 1. The summed E-state index contributed by atoms with van der Waals surface area (Å²) in [4.78, 5) is 12.2. The maximum Gasteiger partial charge on any atom is 0.248 e. The molecule has 31 heavy (non-hydrogen) atoms. The molecule has 9 heteroatoms. The summed E-state index contributed by atoms with van der Waals surface area (Å²) >= 11 is 0. The van der Waals surface area contributed by atoms with Crippen molar-refractivity contribution in [3.05, 3.63) is 89.8 Å². The van der Waals surface area contributed by atoms with E-state index in [0.29, 0.717) is 22.4 Å². The van der Waals surface area contributed by atoms with Crippen LogP contribution in [0.3, 0.4) is 0 Å². The maximum atomic E-state index is 13.6. The molecular weight excluding hydrogens is 419 g/mol. The molecule has 0 bridgehead atoms. The van der Waals surface area contributed by atoms with Gasteiger partial charge in [0.2, 0.25) is 15.9 Å². The van der Waals surface area contributed by atoms with Gasteiger partial charge in [0.25, 0.3) is 0 Å². The van der Waals surface area contributed by atoms with Crippen LogP contribution in [-0.4, -0.2) is 20.2 Å². The zero-order valence-electron chi connectivity index (χ0n) is 16.2. The number of nitrogen functional groups attached to an aromatic ring is 1. The average Bonchev–Trinajstić information content (AvgIpc) is 2.73. The van der Waals surface area contributed by atoms with Crippen molar-refractivity contribution in [3.63, 3.8) is 0 Å². The zero-order chi connectivity index (χ0) is 22.6. The number of halogens is 1. The molecule has 0 aliphatic heterocycles. The number of nitrogens with two attached hydrogens (primary N) is 2. The van der Waals surface area contributed by atoms with Crippen molar-refractivity contribution in [1.29, 1.82) is 5.41 Å². The van der Waals surface area contributed by atoms with Gasteiger partial charge < -0.3 is 11.1 Å². The Morgan fingerprint density at radius 1 is 1.03 bits per heavy atom. The second-order valence-electron chi connectivity index (χ2n) is 6.59. The third-order valence-corrected chi connectivity index (χ3v) is 5.33. The topological polar surface area (TPSA) is 139 Å². The lowest BCUT2D eigenvalue weighted by molar-refractivity contribution is -0.111. The average molecular weight is 438 g/mol. The lowest BCUT2D eigenvalue weighted by Crippen LogP contribution is -2.13. The van der Waals surface area contributed by atoms with Gasteiger partial charge in [0.05, 0.1) is 10.5 Å². The van der Waals surface area contributed by atoms with Crippen LogP contribution in [0.5, 0.6) is 0 Å². The fraction of sp³-hybridized carbons (Fsp3) is 0. The van der Waals surface area contributed by atoms with Crippen LogP contribution >= 0.6 is 0 Å². The van der Waals surface area contributed by atoms with Crippen LogP contribution in [-0.2, 0) is 14.8 Å². The monoisotopic (exact) mass is 438 g/mol. The lowest BCUT2D eigenvalue weighted by Gasteiger charge is -2.09. The minimum atomic E-state index is -3.88. The number of benzene rings is 3. The molecule has 0 aliphatic carbocycles. The predicted molar refractivity (Wildman–Crippen MR) is 118 cm³/mol. The molecule has 0 atom stereocenters. The molecule has 3 aromatic rings. The van der Waals surface area contributed by atoms with Crippen molar-refractivity contribution in [3.8, 4) is 11.1 Å². The molecule has 7 nitrogen and oxygen atoms in total. The van der Waals surface area contributed by atoms with Crippen LogP contribution in [0.1, 0.15) is 11.1 Å². The lowest BCUT2D eigenvalue weighted by atomic mass is 10.1. The van der Waals surface area contributed by atoms with Gasteiger partial charge in [0.1, 0.15) is 11.7 Å². The first-order valence-corrected chi connectivity index (χ1v) is 10.5. The van der Waals surface area contributed by atoms with E-state index in [2.05, 4.69) is 5.32 Å². The molecule has 0 aliphatic rings. The molecule has 0 unspecified atom stereocenters. The van der Waals surface area contributed by atoms with Gasteiger partial charge in [-0.15, -0.1) is 0 Å². The summed E-state index contributed by atoms with van der Waals surface area (Å²) in [7, 11) is -3.88. The summed E-state index contributed by atoms with van der Waals surface area (Å²) in [5, 5.41) is 15.3. The van der Waals surface area contributed by atoms with E-state index in [1.807, 2.05) is 0 Å². The normalized spacial score (nSPS) is 11.4. The highest BCUT2D eigenvalue weighted by molar-refractivity contribution is 7.89. The Labute approximate surface area is 178 Å². The highest BCUT2D eigenvalue weighted by atomic mass is 32.2. The Hall–Kier alpha value is -3.82. The van der Waals surface area contributed by atoms with Gasteiger partial charge in [-0.3, -0.25) is 10.2 Å². The van der Waals surface area contributed by atoms with Crippen LogP contribution in [0.25, 0.3) is 17.2 Å². The van der Waals surface area contributed by atoms with Gasteiger partial charge in [0, 0.05) is 17.3 Å². The molecule has 0 spiro atoms. The van der Waals surface area contributed by atoms with E-state index in [1.165, 1.54) is 36.4 Å². The Morgan fingerprint density at radius 2 is 1.71 bits per heavy atom. The van der Waals surface area contributed by atoms with Gasteiger partial charge >= 0.3 is 0 Å². The first-order chi connectivity index (χ1) is 14.6. The summed E-state index contributed by atoms with van der Waals surface area (Å²) < 4.78 is 37.1. The molecule has 0 fully saturated rings. The van der Waals surface area contributed by atoms with Crippen LogP contribution in [0.15, 0.2) is 77.7 Å². The number of primary sulfonamides is 1. The fourth-order valence-electron chi connectivity index (χ4n) is 2.90. The number of nitrogens with one attached hydrogen (secondary N) is 2. The van der Waals surface area contributed by atoms with Crippen molar-refractivity contribution in [2.75, 3.05) is 5.32 Å². The van der Waals surface area contributed by atoms with Gasteiger partial charge in [-0.25, -0.2) is 17.9 Å². The molecule has 158 valence electrons. The largest absolute Gasteiger partial charge is 0.384 e.